The van der Waals surface area contributed by atoms with Gasteiger partial charge in [0.15, 0.2) is 0 Å². The number of likely N-dealkylation sites (tertiary alicyclic amines) is 1. The van der Waals surface area contributed by atoms with Crippen LogP contribution in [0.5, 0.6) is 0 Å². The van der Waals surface area contributed by atoms with Crippen molar-refractivity contribution in [3.63, 3.8) is 0 Å². The maximum atomic E-state index is 9.15. The van der Waals surface area contributed by atoms with Crippen LogP contribution in [0.3, 0.4) is 0 Å². The molecule has 0 aromatic heterocycles. The molecule has 0 amide bonds. The molecule has 1 aliphatic rings. The predicted molar refractivity (Wildman–Crippen MR) is 77.6 cm³/mol. The van der Waals surface area contributed by atoms with Gasteiger partial charge < -0.3 is 10.2 Å². The van der Waals surface area contributed by atoms with E-state index in [1.165, 1.54) is 19.4 Å². The number of hydrogen-bond acceptors (Lipinski definition) is 3. The van der Waals surface area contributed by atoms with Crippen LogP contribution in [0.1, 0.15) is 25.3 Å². The molecule has 1 atom stereocenters. The first-order valence-corrected chi connectivity index (χ1v) is 7.20. The number of hydrogen-bond donors (Lipinski definition) is 1. The zero-order valence-corrected chi connectivity index (χ0v) is 12.2. The highest BCUT2D eigenvalue weighted by atomic mass is 79.9. The van der Waals surface area contributed by atoms with E-state index in [1.54, 1.807) is 0 Å². The Hall–Kier alpha value is -1.05. The third-order valence-corrected chi connectivity index (χ3v) is 3.91. The zero-order chi connectivity index (χ0) is 13.0. The highest BCUT2D eigenvalue weighted by Crippen LogP contribution is 2.23. The van der Waals surface area contributed by atoms with Crippen molar-refractivity contribution in [3.05, 3.63) is 28.2 Å². The molecule has 0 aliphatic carbocycles. The summed E-state index contributed by atoms with van der Waals surface area (Å²) in [6.07, 6.45) is 2.40. The lowest BCUT2D eigenvalue weighted by Gasteiger charge is -2.33. The van der Waals surface area contributed by atoms with E-state index < -0.39 is 0 Å². The smallest absolute Gasteiger partial charge is 0.101 e. The van der Waals surface area contributed by atoms with Crippen molar-refractivity contribution in [1.82, 2.24) is 4.90 Å². The molecule has 3 nitrogen and oxygen atoms in total. The van der Waals surface area contributed by atoms with E-state index in [0.29, 0.717) is 11.6 Å². The number of piperidine rings is 1. The second kappa shape index (κ2) is 6.21. The Morgan fingerprint density at radius 2 is 2.39 bits per heavy atom. The van der Waals surface area contributed by atoms with Crippen LogP contribution in [0.15, 0.2) is 22.7 Å². The van der Waals surface area contributed by atoms with Crippen molar-refractivity contribution in [2.75, 3.05) is 25.0 Å². The number of benzene rings is 1. The predicted octanol–water partition coefficient (Wildman–Crippen LogP) is 3.22. The van der Waals surface area contributed by atoms with Gasteiger partial charge in [-0.2, -0.15) is 5.26 Å². The van der Waals surface area contributed by atoms with Gasteiger partial charge in [-0.1, -0.05) is 22.9 Å². The molecule has 1 heterocycles. The van der Waals surface area contributed by atoms with Gasteiger partial charge in [-0.05, 0) is 44.1 Å². The molecule has 0 spiro atoms. The molecule has 18 heavy (non-hydrogen) atoms. The third kappa shape index (κ3) is 3.24. The van der Waals surface area contributed by atoms with E-state index in [9.17, 15) is 0 Å². The number of halogens is 1. The molecule has 1 unspecified atom stereocenters. The topological polar surface area (TPSA) is 39.1 Å². The van der Waals surface area contributed by atoms with Crippen LogP contribution >= 0.6 is 15.9 Å². The zero-order valence-electron chi connectivity index (χ0n) is 10.6. The van der Waals surface area contributed by atoms with Crippen molar-refractivity contribution in [3.8, 4) is 6.07 Å². The summed E-state index contributed by atoms with van der Waals surface area (Å²) in [6, 6.07) is 8.52. The van der Waals surface area contributed by atoms with Gasteiger partial charge in [0.25, 0.3) is 0 Å². The SMILES string of the molecule is CCN1CCCC(Nc2ccc(Br)cc2C#N)C1. The minimum Gasteiger partial charge on any atom is -0.380 e. The Balaban J connectivity index is 2.07. The Bertz CT molecular complexity index is 453. The normalized spacial score (nSPS) is 20.4. The lowest BCUT2D eigenvalue weighted by atomic mass is 10.0. The summed E-state index contributed by atoms with van der Waals surface area (Å²) in [7, 11) is 0. The van der Waals surface area contributed by atoms with Crippen molar-refractivity contribution >= 4 is 21.6 Å². The molecular weight excluding hydrogens is 290 g/mol. The average Bonchev–Trinajstić information content (AvgIpc) is 2.41. The molecule has 0 radical (unpaired) electrons. The highest BCUT2D eigenvalue weighted by Gasteiger charge is 2.19. The molecule has 1 aliphatic heterocycles. The fourth-order valence-corrected chi connectivity index (χ4v) is 2.78. The molecule has 1 saturated heterocycles. The van der Waals surface area contributed by atoms with Gasteiger partial charge in [0, 0.05) is 17.1 Å². The maximum Gasteiger partial charge on any atom is 0.101 e. The van der Waals surface area contributed by atoms with E-state index in [2.05, 4.69) is 39.1 Å². The van der Waals surface area contributed by atoms with Crippen molar-refractivity contribution in [2.45, 2.75) is 25.8 Å². The molecule has 1 fully saturated rings. The van der Waals surface area contributed by atoms with Gasteiger partial charge in [-0.3, -0.25) is 0 Å². The third-order valence-electron chi connectivity index (χ3n) is 3.41. The first-order chi connectivity index (χ1) is 8.72. The van der Waals surface area contributed by atoms with Gasteiger partial charge in [-0.25, -0.2) is 0 Å². The highest BCUT2D eigenvalue weighted by molar-refractivity contribution is 9.10. The monoisotopic (exact) mass is 307 g/mol. The van der Waals surface area contributed by atoms with E-state index >= 15 is 0 Å². The van der Waals surface area contributed by atoms with E-state index in [1.807, 2.05) is 18.2 Å². The molecule has 1 aromatic carbocycles. The van der Waals surface area contributed by atoms with E-state index in [0.717, 1.165) is 23.2 Å². The van der Waals surface area contributed by atoms with Crippen LogP contribution in [0.25, 0.3) is 0 Å². The molecule has 0 saturated carbocycles. The van der Waals surface area contributed by atoms with Crippen molar-refractivity contribution < 1.29 is 0 Å². The standard InChI is InChI=1S/C14H18BrN3/c1-2-18-7-3-4-13(10-18)17-14-6-5-12(15)8-11(14)9-16/h5-6,8,13,17H,2-4,7,10H2,1H3. The van der Waals surface area contributed by atoms with Gasteiger partial charge in [0.05, 0.1) is 11.3 Å². The second-order valence-electron chi connectivity index (χ2n) is 4.68. The molecule has 0 bridgehead atoms. The fourth-order valence-electron chi connectivity index (χ4n) is 2.42. The number of nitrogens with one attached hydrogen (secondary N) is 1. The Labute approximate surface area is 117 Å². The van der Waals surface area contributed by atoms with Crippen LogP contribution in [-0.4, -0.2) is 30.6 Å². The van der Waals surface area contributed by atoms with Gasteiger partial charge in [0.2, 0.25) is 0 Å². The number of rotatable bonds is 3. The van der Waals surface area contributed by atoms with Crippen molar-refractivity contribution in [2.24, 2.45) is 0 Å². The van der Waals surface area contributed by atoms with Crippen molar-refractivity contribution in [1.29, 1.82) is 5.26 Å². The largest absolute Gasteiger partial charge is 0.380 e. The van der Waals surface area contributed by atoms with E-state index in [4.69, 9.17) is 5.26 Å². The van der Waals surface area contributed by atoms with Crippen LogP contribution in [0.4, 0.5) is 5.69 Å². The lowest BCUT2D eigenvalue weighted by molar-refractivity contribution is 0.227. The van der Waals surface area contributed by atoms with Gasteiger partial charge in [0.1, 0.15) is 6.07 Å². The molecule has 1 N–H and O–H groups in total. The average molecular weight is 308 g/mol. The lowest BCUT2D eigenvalue weighted by Crippen LogP contribution is -2.41. The van der Waals surface area contributed by atoms with Crippen LogP contribution in [0.2, 0.25) is 0 Å². The fraction of sp³-hybridized carbons (Fsp3) is 0.500. The van der Waals surface area contributed by atoms with Gasteiger partial charge in [-0.15, -0.1) is 0 Å². The summed E-state index contributed by atoms with van der Waals surface area (Å²) >= 11 is 3.40. The maximum absolute atomic E-state index is 9.15. The van der Waals surface area contributed by atoms with Crippen LogP contribution < -0.4 is 5.32 Å². The Morgan fingerprint density at radius 1 is 1.56 bits per heavy atom. The summed E-state index contributed by atoms with van der Waals surface area (Å²) in [5.74, 6) is 0. The Kier molecular flexibility index (Phi) is 4.62. The second-order valence-corrected chi connectivity index (χ2v) is 5.59. The number of nitriles is 1. The summed E-state index contributed by atoms with van der Waals surface area (Å²) in [5.41, 5.74) is 1.65. The first kappa shape index (κ1) is 13.4. The molecule has 4 heteroatoms. The summed E-state index contributed by atoms with van der Waals surface area (Å²) in [6.45, 7) is 5.56. The number of nitrogens with zero attached hydrogens (tertiary/aromatic N) is 2. The molecular formula is C14H18BrN3. The quantitative estimate of drug-likeness (QED) is 0.932. The molecule has 2 rings (SSSR count). The minimum absolute atomic E-state index is 0.451. The number of likely N-dealkylation sites (N-methyl/N-ethyl adjacent to an activating group) is 1. The minimum atomic E-state index is 0.451. The Morgan fingerprint density at radius 3 is 3.11 bits per heavy atom. The number of anilines is 1. The molecule has 1 aromatic rings. The summed E-state index contributed by atoms with van der Waals surface area (Å²) < 4.78 is 0.948. The van der Waals surface area contributed by atoms with E-state index in [-0.39, 0.29) is 0 Å². The first-order valence-electron chi connectivity index (χ1n) is 6.41. The summed E-state index contributed by atoms with van der Waals surface area (Å²) in [4.78, 5) is 2.45. The van der Waals surface area contributed by atoms with Gasteiger partial charge >= 0.3 is 0 Å². The van der Waals surface area contributed by atoms with Crippen LogP contribution in [0, 0.1) is 11.3 Å². The molecule has 96 valence electrons. The van der Waals surface area contributed by atoms with Crippen LogP contribution in [-0.2, 0) is 0 Å². The summed E-state index contributed by atoms with van der Waals surface area (Å²) in [5, 5.41) is 12.7.